The second-order valence-corrected chi connectivity index (χ2v) is 6.59. The fourth-order valence-electron chi connectivity index (χ4n) is 3.02. The molecule has 0 aliphatic carbocycles. The van der Waals surface area contributed by atoms with Crippen molar-refractivity contribution in [2.24, 2.45) is 21.7 Å². The van der Waals surface area contributed by atoms with Crippen molar-refractivity contribution in [3.05, 3.63) is 72.2 Å². The Morgan fingerprint density at radius 1 is 1.00 bits per heavy atom. The minimum absolute atomic E-state index is 0.103. The fourth-order valence-corrected chi connectivity index (χ4v) is 3.02. The maximum atomic E-state index is 12.7. The van der Waals surface area contributed by atoms with Gasteiger partial charge in [-0.05, 0) is 48.2 Å². The van der Waals surface area contributed by atoms with Gasteiger partial charge in [0.05, 0.1) is 5.71 Å². The van der Waals surface area contributed by atoms with E-state index in [9.17, 15) is 4.79 Å². The second kappa shape index (κ2) is 7.43. The molecule has 8 heteroatoms. The summed E-state index contributed by atoms with van der Waals surface area (Å²) in [6.45, 7) is 1.80. The first-order valence-corrected chi connectivity index (χ1v) is 8.91. The minimum Gasteiger partial charge on any atom is -0.369 e. The molecule has 0 unspecified atom stereocenters. The van der Waals surface area contributed by atoms with Crippen molar-refractivity contribution in [1.29, 1.82) is 0 Å². The molecule has 144 valence electrons. The molecule has 0 aliphatic rings. The van der Waals surface area contributed by atoms with Crippen molar-refractivity contribution in [1.82, 2.24) is 9.97 Å². The number of benzene rings is 2. The van der Waals surface area contributed by atoms with Gasteiger partial charge in [0.1, 0.15) is 5.69 Å². The molecule has 0 saturated heterocycles. The van der Waals surface area contributed by atoms with Crippen LogP contribution < -0.4 is 16.8 Å². The van der Waals surface area contributed by atoms with Crippen LogP contribution in [0.4, 0.5) is 5.69 Å². The predicted octanol–water partition coefficient (Wildman–Crippen LogP) is 2.97. The molecule has 0 atom stereocenters. The highest BCUT2D eigenvalue weighted by Crippen LogP contribution is 2.21. The molecule has 0 bridgehead atoms. The highest BCUT2D eigenvalue weighted by Gasteiger charge is 2.11. The van der Waals surface area contributed by atoms with Gasteiger partial charge >= 0.3 is 0 Å². The molecule has 0 fully saturated rings. The highest BCUT2D eigenvalue weighted by atomic mass is 16.1. The average molecular weight is 385 g/mol. The number of pyridine rings is 1. The number of nitrogens with one attached hydrogen (secondary N) is 2. The van der Waals surface area contributed by atoms with Crippen molar-refractivity contribution in [3.63, 3.8) is 0 Å². The number of nitrogens with two attached hydrogens (primary N) is 2. The number of amides is 1. The van der Waals surface area contributed by atoms with E-state index in [1.807, 2.05) is 48.5 Å². The third-order valence-electron chi connectivity index (χ3n) is 4.50. The number of hydrogen-bond acceptors (Lipinski definition) is 4. The Hall–Kier alpha value is -4.20. The number of nitrogens with zero attached hydrogens (tertiary/aromatic N) is 3. The Kier molecular flexibility index (Phi) is 4.66. The van der Waals surface area contributed by atoms with Crippen molar-refractivity contribution >= 4 is 44.9 Å². The number of aromatic nitrogens is 2. The quantitative estimate of drug-likeness (QED) is 0.244. The van der Waals surface area contributed by atoms with Gasteiger partial charge in [0.15, 0.2) is 0 Å². The third kappa shape index (κ3) is 3.91. The molecule has 4 rings (SSSR count). The Labute approximate surface area is 166 Å². The summed E-state index contributed by atoms with van der Waals surface area (Å²) >= 11 is 0. The van der Waals surface area contributed by atoms with Crippen LogP contribution in [0, 0.1) is 0 Å². The third-order valence-corrected chi connectivity index (χ3v) is 4.50. The number of anilines is 1. The number of carbonyl (C=O) groups excluding carboxylic acids is 1. The van der Waals surface area contributed by atoms with Gasteiger partial charge in [-0.15, -0.1) is 5.10 Å². The van der Waals surface area contributed by atoms with Crippen LogP contribution >= 0.6 is 0 Å². The zero-order chi connectivity index (χ0) is 20.4. The van der Waals surface area contributed by atoms with E-state index in [4.69, 9.17) is 11.5 Å². The van der Waals surface area contributed by atoms with Crippen molar-refractivity contribution in [3.8, 4) is 0 Å². The zero-order valence-corrected chi connectivity index (χ0v) is 15.7. The van der Waals surface area contributed by atoms with E-state index in [1.165, 1.54) is 0 Å². The number of fused-ring (bicyclic) bond motifs is 2. The summed E-state index contributed by atoms with van der Waals surface area (Å²) in [6.07, 6.45) is 3.51. The molecular weight excluding hydrogens is 366 g/mol. The molecule has 2 aromatic carbocycles. The number of guanidine groups is 1. The molecule has 0 saturated carbocycles. The van der Waals surface area contributed by atoms with Crippen LogP contribution in [-0.4, -0.2) is 27.5 Å². The number of aromatic amines is 1. The first-order chi connectivity index (χ1) is 14.0. The molecule has 0 radical (unpaired) electrons. The van der Waals surface area contributed by atoms with Crippen LogP contribution in [-0.2, 0) is 0 Å². The van der Waals surface area contributed by atoms with E-state index in [0.29, 0.717) is 17.1 Å². The van der Waals surface area contributed by atoms with Crippen LogP contribution in [0.1, 0.15) is 23.0 Å². The SMILES string of the molecule is C/C(=N\N=C(N)N)c1ccc2cc(C(=O)Nc3ccc4cnccc4c3)[nH]c2c1. The fraction of sp³-hybridized carbons (Fsp3) is 0.0476. The number of rotatable bonds is 4. The smallest absolute Gasteiger partial charge is 0.272 e. The van der Waals surface area contributed by atoms with E-state index in [1.54, 1.807) is 19.3 Å². The van der Waals surface area contributed by atoms with Crippen molar-refractivity contribution in [2.45, 2.75) is 6.92 Å². The van der Waals surface area contributed by atoms with Crippen LogP contribution in [0.25, 0.3) is 21.7 Å². The number of hydrogen-bond donors (Lipinski definition) is 4. The average Bonchev–Trinajstić information content (AvgIpc) is 3.15. The van der Waals surface area contributed by atoms with Crippen molar-refractivity contribution < 1.29 is 4.79 Å². The standard InChI is InChI=1S/C21H19N7O/c1-12(27-28-21(22)23)13-2-3-15-10-19(26-18(15)9-13)20(29)25-17-5-4-16-11-24-7-6-14(16)8-17/h2-11,26H,1H3,(H,25,29)(H4,22,23,28)/b27-12+. The lowest BCUT2D eigenvalue weighted by molar-refractivity contribution is 0.102. The molecule has 6 N–H and O–H groups in total. The molecule has 2 heterocycles. The summed E-state index contributed by atoms with van der Waals surface area (Å²) < 4.78 is 0. The van der Waals surface area contributed by atoms with Crippen LogP contribution in [0.3, 0.4) is 0 Å². The summed E-state index contributed by atoms with van der Waals surface area (Å²) in [5, 5.41) is 13.5. The Morgan fingerprint density at radius 2 is 1.83 bits per heavy atom. The Balaban J connectivity index is 1.59. The van der Waals surface area contributed by atoms with Gasteiger partial charge < -0.3 is 21.8 Å². The number of carbonyl (C=O) groups is 1. The van der Waals surface area contributed by atoms with E-state index < -0.39 is 0 Å². The molecule has 0 spiro atoms. The van der Waals surface area contributed by atoms with Gasteiger partial charge in [0, 0.05) is 34.4 Å². The first kappa shape index (κ1) is 18.2. The summed E-state index contributed by atoms with van der Waals surface area (Å²) in [7, 11) is 0. The van der Waals surface area contributed by atoms with Crippen LogP contribution in [0.5, 0.6) is 0 Å². The van der Waals surface area contributed by atoms with E-state index >= 15 is 0 Å². The lowest BCUT2D eigenvalue weighted by atomic mass is 10.1. The van der Waals surface area contributed by atoms with Crippen LogP contribution in [0.2, 0.25) is 0 Å². The number of H-pyrrole nitrogens is 1. The maximum absolute atomic E-state index is 12.7. The molecule has 1 amide bonds. The van der Waals surface area contributed by atoms with Gasteiger partial charge in [0.25, 0.3) is 5.91 Å². The Morgan fingerprint density at radius 3 is 2.66 bits per heavy atom. The molecule has 29 heavy (non-hydrogen) atoms. The summed E-state index contributed by atoms with van der Waals surface area (Å²) in [5.41, 5.74) is 14.1. The topological polar surface area (TPSA) is 135 Å². The lowest BCUT2D eigenvalue weighted by Gasteiger charge is -2.05. The molecule has 8 nitrogen and oxygen atoms in total. The highest BCUT2D eigenvalue weighted by molar-refractivity contribution is 6.08. The minimum atomic E-state index is -0.220. The molecule has 2 aromatic heterocycles. The van der Waals surface area contributed by atoms with Gasteiger partial charge in [-0.2, -0.15) is 5.10 Å². The van der Waals surface area contributed by atoms with Gasteiger partial charge in [-0.3, -0.25) is 9.78 Å². The molecule has 0 aliphatic heterocycles. The van der Waals surface area contributed by atoms with E-state index in [0.717, 1.165) is 27.2 Å². The van der Waals surface area contributed by atoms with Gasteiger partial charge in [0.2, 0.25) is 5.96 Å². The van der Waals surface area contributed by atoms with Gasteiger partial charge in [-0.1, -0.05) is 18.2 Å². The summed E-state index contributed by atoms with van der Waals surface area (Å²) in [5.74, 6) is -0.323. The van der Waals surface area contributed by atoms with Gasteiger partial charge in [-0.25, -0.2) is 0 Å². The summed E-state index contributed by atoms with van der Waals surface area (Å²) in [4.78, 5) is 19.9. The Bertz CT molecular complexity index is 1280. The predicted molar refractivity (Wildman–Crippen MR) is 116 cm³/mol. The lowest BCUT2D eigenvalue weighted by Crippen LogP contribution is -2.22. The van der Waals surface area contributed by atoms with E-state index in [2.05, 4.69) is 25.5 Å². The first-order valence-electron chi connectivity index (χ1n) is 8.91. The zero-order valence-electron chi connectivity index (χ0n) is 15.7. The van der Waals surface area contributed by atoms with E-state index in [-0.39, 0.29) is 11.9 Å². The molecular formula is C21H19N7O. The monoisotopic (exact) mass is 385 g/mol. The summed E-state index contributed by atoms with van der Waals surface area (Å²) in [6, 6.07) is 15.1. The molecule has 4 aromatic rings. The van der Waals surface area contributed by atoms with Crippen molar-refractivity contribution in [2.75, 3.05) is 5.32 Å². The second-order valence-electron chi connectivity index (χ2n) is 6.59. The largest absolute Gasteiger partial charge is 0.369 e. The normalized spacial score (nSPS) is 11.6. The maximum Gasteiger partial charge on any atom is 0.272 e. The van der Waals surface area contributed by atoms with Crippen LogP contribution in [0.15, 0.2) is 71.1 Å².